The molecule has 0 aliphatic rings. The van der Waals surface area contributed by atoms with Crippen LogP contribution in [0.3, 0.4) is 0 Å². The lowest BCUT2D eigenvalue weighted by Gasteiger charge is -2.17. The van der Waals surface area contributed by atoms with Gasteiger partial charge in [0.1, 0.15) is 17.0 Å². The zero-order valence-corrected chi connectivity index (χ0v) is 21.7. The minimum Gasteiger partial charge on any atom is -0.353 e. The number of carbonyl (C=O) groups is 1. The van der Waals surface area contributed by atoms with Crippen LogP contribution in [0, 0.1) is 11.2 Å². The number of aromatic nitrogens is 6. The molecule has 0 spiro atoms. The Morgan fingerprint density at radius 1 is 0.949 bits per heavy atom. The van der Waals surface area contributed by atoms with Crippen LogP contribution in [0.4, 0.5) is 10.1 Å². The van der Waals surface area contributed by atoms with Crippen molar-refractivity contribution in [3.63, 3.8) is 0 Å². The third-order valence-electron chi connectivity index (χ3n) is 6.34. The smallest absolute Gasteiger partial charge is 0.224 e. The van der Waals surface area contributed by atoms with Gasteiger partial charge in [0.25, 0.3) is 0 Å². The van der Waals surface area contributed by atoms with Crippen molar-refractivity contribution in [1.29, 1.82) is 0 Å². The van der Waals surface area contributed by atoms with Gasteiger partial charge in [-0.3, -0.25) is 19.9 Å². The van der Waals surface area contributed by atoms with E-state index in [2.05, 4.69) is 30.5 Å². The molecule has 0 fully saturated rings. The molecule has 0 aliphatic carbocycles. The molecule has 0 atom stereocenters. The van der Waals surface area contributed by atoms with E-state index in [0.717, 1.165) is 38.9 Å². The quantitative estimate of drug-likeness (QED) is 0.233. The molecule has 9 heteroatoms. The highest BCUT2D eigenvalue weighted by molar-refractivity contribution is 5.99. The van der Waals surface area contributed by atoms with Crippen molar-refractivity contribution in [3.8, 4) is 33.9 Å². The fraction of sp³-hybridized carbons (Fsp3) is 0.167. The minimum absolute atomic E-state index is 0.0599. The summed E-state index contributed by atoms with van der Waals surface area (Å²) in [4.78, 5) is 29.6. The van der Waals surface area contributed by atoms with E-state index in [-0.39, 0.29) is 17.1 Å². The van der Waals surface area contributed by atoms with Crippen LogP contribution < -0.4 is 5.32 Å². The third kappa shape index (κ3) is 4.98. The maximum absolute atomic E-state index is 13.5. The van der Waals surface area contributed by atoms with E-state index in [4.69, 9.17) is 4.98 Å². The molecule has 6 rings (SSSR count). The van der Waals surface area contributed by atoms with Crippen LogP contribution in [0.1, 0.15) is 27.2 Å². The van der Waals surface area contributed by atoms with E-state index in [9.17, 15) is 9.18 Å². The Morgan fingerprint density at radius 3 is 2.56 bits per heavy atom. The topological polar surface area (TPSA) is 112 Å². The summed E-state index contributed by atoms with van der Waals surface area (Å²) in [7, 11) is 0. The first-order valence-electron chi connectivity index (χ1n) is 12.6. The van der Waals surface area contributed by atoms with Gasteiger partial charge >= 0.3 is 0 Å². The summed E-state index contributed by atoms with van der Waals surface area (Å²) < 4.78 is 13.5. The van der Waals surface area contributed by atoms with Crippen molar-refractivity contribution < 1.29 is 9.18 Å². The molecule has 5 heterocycles. The van der Waals surface area contributed by atoms with Crippen molar-refractivity contribution in [3.05, 3.63) is 79.0 Å². The number of amides is 1. The summed E-state index contributed by atoms with van der Waals surface area (Å²) in [6, 6.07) is 15.8. The number of aromatic amines is 2. The van der Waals surface area contributed by atoms with E-state index in [1.54, 1.807) is 30.7 Å². The molecule has 0 saturated heterocycles. The van der Waals surface area contributed by atoms with Gasteiger partial charge < -0.3 is 10.3 Å². The fourth-order valence-corrected chi connectivity index (χ4v) is 4.60. The summed E-state index contributed by atoms with van der Waals surface area (Å²) >= 11 is 0. The molecule has 5 aromatic heterocycles. The van der Waals surface area contributed by atoms with Crippen LogP contribution in [-0.2, 0) is 4.79 Å². The zero-order valence-electron chi connectivity index (χ0n) is 21.7. The molecule has 0 bridgehead atoms. The van der Waals surface area contributed by atoms with Crippen LogP contribution in [0.15, 0.2) is 73.2 Å². The molecule has 8 nitrogen and oxygen atoms in total. The Kier molecular flexibility index (Phi) is 5.91. The first-order valence-corrected chi connectivity index (χ1v) is 12.6. The number of nitrogens with one attached hydrogen (secondary N) is 3. The van der Waals surface area contributed by atoms with Crippen molar-refractivity contribution in [1.82, 2.24) is 30.1 Å². The number of pyridine rings is 3. The predicted octanol–water partition coefficient (Wildman–Crippen LogP) is 6.74. The van der Waals surface area contributed by atoms with E-state index in [1.165, 1.54) is 12.1 Å². The maximum atomic E-state index is 13.5. The summed E-state index contributed by atoms with van der Waals surface area (Å²) in [6.07, 6.45) is 5.48. The molecule has 1 amide bonds. The van der Waals surface area contributed by atoms with E-state index < -0.39 is 0 Å². The number of hydrogen-bond acceptors (Lipinski definition) is 5. The summed E-state index contributed by atoms with van der Waals surface area (Å²) in [6.45, 7) is 6.07. The highest BCUT2D eigenvalue weighted by atomic mass is 19.1. The Bertz CT molecular complexity index is 1830. The van der Waals surface area contributed by atoms with Gasteiger partial charge in [0.15, 0.2) is 0 Å². The average Bonchev–Trinajstić information content (AvgIpc) is 3.52. The summed E-state index contributed by atoms with van der Waals surface area (Å²) in [5.74, 6) is -0.353. The second-order valence-corrected chi connectivity index (χ2v) is 10.7. The molecular formula is C30H26FN7O. The van der Waals surface area contributed by atoms with Crippen LogP contribution in [0.5, 0.6) is 0 Å². The highest BCUT2D eigenvalue weighted by Crippen LogP contribution is 2.33. The predicted molar refractivity (Wildman–Crippen MR) is 150 cm³/mol. The fourth-order valence-electron chi connectivity index (χ4n) is 4.60. The number of carbonyl (C=O) groups excluding carboxylic acids is 1. The first-order chi connectivity index (χ1) is 18.7. The molecule has 3 N–H and O–H groups in total. The lowest BCUT2D eigenvalue weighted by Crippen LogP contribution is -2.19. The molecule has 0 unspecified atom stereocenters. The molecule has 0 radical (unpaired) electrons. The number of benzene rings is 1. The number of H-pyrrole nitrogens is 2. The Morgan fingerprint density at radius 2 is 1.77 bits per heavy atom. The summed E-state index contributed by atoms with van der Waals surface area (Å²) in [5.41, 5.74) is 7.35. The summed E-state index contributed by atoms with van der Waals surface area (Å²) in [5, 5.41) is 11.4. The largest absolute Gasteiger partial charge is 0.353 e. The number of rotatable bonds is 5. The standard InChI is InChI=1S/C30H26FN7O/c1-30(2,3)14-26(39)34-20-12-18(15-32-16-20)22-8-9-24-28(36-22)29(38-37-24)25-13-21-23(35-25)10-11-33-27(21)17-4-6-19(31)7-5-17/h4-13,15-16,35H,14H2,1-3H3,(H,34,39)(H,37,38). The van der Waals surface area contributed by atoms with Gasteiger partial charge in [-0.15, -0.1) is 0 Å². The van der Waals surface area contributed by atoms with Gasteiger partial charge in [0.2, 0.25) is 5.91 Å². The molecule has 194 valence electrons. The van der Waals surface area contributed by atoms with Crippen molar-refractivity contribution in [2.75, 3.05) is 5.32 Å². The maximum Gasteiger partial charge on any atom is 0.224 e. The van der Waals surface area contributed by atoms with Gasteiger partial charge in [-0.2, -0.15) is 5.10 Å². The highest BCUT2D eigenvalue weighted by Gasteiger charge is 2.18. The molecule has 0 aliphatic heterocycles. The van der Waals surface area contributed by atoms with Crippen LogP contribution >= 0.6 is 0 Å². The molecule has 6 aromatic rings. The van der Waals surface area contributed by atoms with Crippen LogP contribution in [0.25, 0.3) is 55.8 Å². The molecule has 39 heavy (non-hydrogen) atoms. The Hall–Kier alpha value is -4.92. The zero-order chi connectivity index (χ0) is 27.1. The minimum atomic E-state index is -0.293. The second kappa shape index (κ2) is 9.43. The Labute approximate surface area is 223 Å². The van der Waals surface area contributed by atoms with Crippen molar-refractivity contribution >= 4 is 33.5 Å². The van der Waals surface area contributed by atoms with Gasteiger partial charge in [0.05, 0.1) is 34.5 Å². The SMILES string of the molecule is CC(C)(C)CC(=O)Nc1cncc(-c2ccc3[nH]nc(-c4cc5c(-c6ccc(F)cc6)nccc5[nH]4)c3n2)c1. The van der Waals surface area contributed by atoms with E-state index in [0.29, 0.717) is 29.0 Å². The number of nitrogens with zero attached hydrogens (tertiary/aromatic N) is 4. The number of halogens is 1. The normalized spacial score (nSPS) is 11.8. The lowest BCUT2D eigenvalue weighted by molar-refractivity contribution is -0.117. The van der Waals surface area contributed by atoms with Crippen molar-refractivity contribution in [2.45, 2.75) is 27.2 Å². The number of anilines is 1. The van der Waals surface area contributed by atoms with E-state index in [1.807, 2.05) is 51.1 Å². The lowest BCUT2D eigenvalue weighted by atomic mass is 9.92. The average molecular weight is 520 g/mol. The van der Waals surface area contributed by atoms with Crippen LogP contribution in [-0.4, -0.2) is 36.0 Å². The van der Waals surface area contributed by atoms with Gasteiger partial charge in [-0.05, 0) is 60.0 Å². The molecular weight excluding hydrogens is 493 g/mol. The van der Waals surface area contributed by atoms with Gasteiger partial charge in [-0.25, -0.2) is 9.37 Å². The molecule has 0 saturated carbocycles. The Balaban J connectivity index is 1.36. The van der Waals surface area contributed by atoms with E-state index >= 15 is 0 Å². The van der Waals surface area contributed by atoms with Crippen LogP contribution in [0.2, 0.25) is 0 Å². The number of hydrogen-bond donors (Lipinski definition) is 3. The first kappa shape index (κ1) is 24.4. The third-order valence-corrected chi connectivity index (χ3v) is 6.34. The van der Waals surface area contributed by atoms with Crippen molar-refractivity contribution in [2.24, 2.45) is 5.41 Å². The number of fused-ring (bicyclic) bond motifs is 2. The molecule has 1 aromatic carbocycles. The van der Waals surface area contributed by atoms with Gasteiger partial charge in [0, 0.05) is 40.8 Å². The van der Waals surface area contributed by atoms with Gasteiger partial charge in [-0.1, -0.05) is 20.8 Å². The monoisotopic (exact) mass is 519 g/mol. The second-order valence-electron chi connectivity index (χ2n) is 10.7.